The third kappa shape index (κ3) is 4.54. The molecule has 3 aromatic carbocycles. The van der Waals surface area contributed by atoms with Crippen LogP contribution in [0.25, 0.3) is 10.8 Å². The highest BCUT2D eigenvalue weighted by Gasteiger charge is 2.13. The number of benzene rings is 3. The van der Waals surface area contributed by atoms with E-state index >= 15 is 0 Å². The van der Waals surface area contributed by atoms with Gasteiger partial charge in [-0.3, -0.25) is 14.6 Å². The molecular weight excluding hydrogens is 416 g/mol. The van der Waals surface area contributed by atoms with Crippen LogP contribution >= 0.6 is 0 Å². The molecule has 0 bridgehead atoms. The van der Waals surface area contributed by atoms with Gasteiger partial charge in [0, 0.05) is 36.6 Å². The van der Waals surface area contributed by atoms with Crippen LogP contribution in [0.15, 0.2) is 72.9 Å². The van der Waals surface area contributed by atoms with Gasteiger partial charge in [-0.1, -0.05) is 12.1 Å². The zero-order chi connectivity index (χ0) is 22.7. The second-order valence-electron chi connectivity index (χ2n) is 6.86. The van der Waals surface area contributed by atoms with E-state index in [9.17, 15) is 18.4 Å². The van der Waals surface area contributed by atoms with E-state index in [4.69, 9.17) is 4.74 Å². The molecule has 0 aliphatic carbocycles. The molecule has 1 aromatic heterocycles. The summed E-state index contributed by atoms with van der Waals surface area (Å²) in [7, 11) is 1.51. The van der Waals surface area contributed by atoms with Gasteiger partial charge in [-0.25, -0.2) is 8.78 Å². The fraction of sp³-hybridized carbons (Fsp3) is 0.0417. The third-order valence-electron chi connectivity index (χ3n) is 4.64. The number of nitrogens with zero attached hydrogens (tertiary/aromatic N) is 1. The second kappa shape index (κ2) is 8.81. The molecule has 4 rings (SSSR count). The average molecular weight is 433 g/mol. The predicted octanol–water partition coefficient (Wildman–Crippen LogP) is 4.92. The van der Waals surface area contributed by atoms with E-state index in [1.165, 1.54) is 19.3 Å². The van der Waals surface area contributed by atoms with Gasteiger partial charge >= 0.3 is 0 Å². The minimum Gasteiger partial charge on any atom is -0.457 e. The summed E-state index contributed by atoms with van der Waals surface area (Å²) < 4.78 is 32.7. The van der Waals surface area contributed by atoms with E-state index in [1.54, 1.807) is 36.4 Å². The maximum Gasteiger partial charge on any atom is 0.269 e. The minimum absolute atomic E-state index is 0.0223. The van der Waals surface area contributed by atoms with Gasteiger partial charge in [-0.15, -0.1) is 0 Å². The summed E-state index contributed by atoms with van der Waals surface area (Å²) in [5.74, 6) is -1.47. The summed E-state index contributed by atoms with van der Waals surface area (Å²) in [6.07, 6.45) is 1.47. The normalized spacial score (nSPS) is 10.6. The standard InChI is InChI=1S/C24H17F2N3O3/c1-27-24(31)22-13-19(7-8-28-22)32-18-5-6-20-14(9-18)3-2-4-21(20)23(30)29-17-11-15(25)10-16(26)12-17/h2-13H,1H3,(H,27,31)(H,29,30). The number of rotatable bonds is 5. The van der Waals surface area contributed by atoms with Gasteiger partial charge < -0.3 is 15.4 Å². The summed E-state index contributed by atoms with van der Waals surface area (Å²) in [4.78, 5) is 28.5. The molecule has 2 N–H and O–H groups in total. The Morgan fingerprint density at radius 1 is 0.875 bits per heavy atom. The second-order valence-corrected chi connectivity index (χ2v) is 6.86. The van der Waals surface area contributed by atoms with Crippen molar-refractivity contribution in [3.8, 4) is 11.5 Å². The van der Waals surface area contributed by atoms with E-state index in [0.29, 0.717) is 22.4 Å². The highest BCUT2D eigenvalue weighted by atomic mass is 19.1. The molecule has 0 spiro atoms. The molecule has 4 aromatic rings. The molecule has 6 nitrogen and oxygen atoms in total. The smallest absolute Gasteiger partial charge is 0.269 e. The Labute approximate surface area is 181 Å². The zero-order valence-corrected chi connectivity index (χ0v) is 16.9. The van der Waals surface area contributed by atoms with Gasteiger partial charge in [-0.05, 0) is 53.2 Å². The van der Waals surface area contributed by atoms with Crippen molar-refractivity contribution in [2.24, 2.45) is 0 Å². The van der Waals surface area contributed by atoms with Crippen molar-refractivity contribution < 1.29 is 23.1 Å². The number of nitrogens with one attached hydrogen (secondary N) is 2. The quantitative estimate of drug-likeness (QED) is 0.468. The Morgan fingerprint density at radius 2 is 1.62 bits per heavy atom. The molecule has 0 aliphatic heterocycles. The number of halogens is 2. The monoisotopic (exact) mass is 433 g/mol. The molecule has 2 amide bonds. The highest BCUT2D eigenvalue weighted by molar-refractivity contribution is 6.13. The third-order valence-corrected chi connectivity index (χ3v) is 4.64. The zero-order valence-electron chi connectivity index (χ0n) is 16.9. The number of anilines is 1. The van der Waals surface area contributed by atoms with Crippen LogP contribution in [0.3, 0.4) is 0 Å². The maximum absolute atomic E-state index is 13.4. The van der Waals surface area contributed by atoms with Gasteiger partial charge in [0.05, 0.1) is 0 Å². The fourth-order valence-electron chi connectivity index (χ4n) is 3.21. The van der Waals surface area contributed by atoms with Crippen LogP contribution < -0.4 is 15.4 Å². The lowest BCUT2D eigenvalue weighted by molar-refractivity contribution is 0.0957. The molecule has 0 fully saturated rings. The maximum atomic E-state index is 13.4. The largest absolute Gasteiger partial charge is 0.457 e. The summed E-state index contributed by atoms with van der Waals surface area (Å²) in [5.41, 5.74) is 0.581. The Kier molecular flexibility index (Phi) is 5.76. The number of carbonyl (C=O) groups excluding carboxylic acids is 2. The lowest BCUT2D eigenvalue weighted by Crippen LogP contribution is -2.18. The number of ether oxygens (including phenoxy) is 1. The highest BCUT2D eigenvalue weighted by Crippen LogP contribution is 2.28. The number of hydrogen-bond acceptors (Lipinski definition) is 4. The number of fused-ring (bicyclic) bond motifs is 1. The summed E-state index contributed by atoms with van der Waals surface area (Å²) in [6.45, 7) is 0. The van der Waals surface area contributed by atoms with Crippen molar-refractivity contribution in [1.82, 2.24) is 10.3 Å². The van der Waals surface area contributed by atoms with Crippen LogP contribution in [-0.2, 0) is 0 Å². The Balaban J connectivity index is 1.60. The van der Waals surface area contributed by atoms with Crippen LogP contribution in [0.1, 0.15) is 20.8 Å². The molecular formula is C24H17F2N3O3. The first-order valence-corrected chi connectivity index (χ1v) is 9.59. The number of hydrogen-bond donors (Lipinski definition) is 2. The van der Waals surface area contributed by atoms with Crippen LogP contribution in [0, 0.1) is 11.6 Å². The molecule has 1 heterocycles. The van der Waals surface area contributed by atoms with Crippen LogP contribution in [0.4, 0.5) is 14.5 Å². The lowest BCUT2D eigenvalue weighted by Gasteiger charge is -2.11. The molecule has 32 heavy (non-hydrogen) atoms. The van der Waals surface area contributed by atoms with Crippen molar-refractivity contribution in [1.29, 1.82) is 0 Å². The lowest BCUT2D eigenvalue weighted by atomic mass is 10.0. The van der Waals surface area contributed by atoms with Gasteiger partial charge in [-0.2, -0.15) is 0 Å². The molecule has 0 radical (unpaired) electrons. The number of pyridine rings is 1. The number of amides is 2. The molecule has 0 saturated heterocycles. The Morgan fingerprint density at radius 3 is 2.38 bits per heavy atom. The van der Waals surface area contributed by atoms with E-state index in [-0.39, 0.29) is 17.3 Å². The van der Waals surface area contributed by atoms with Gasteiger partial charge in [0.2, 0.25) is 0 Å². The minimum atomic E-state index is -0.782. The summed E-state index contributed by atoms with van der Waals surface area (Å²) in [5, 5.41) is 6.37. The molecule has 0 saturated carbocycles. The van der Waals surface area contributed by atoms with Crippen molar-refractivity contribution in [2.45, 2.75) is 0 Å². The first-order valence-electron chi connectivity index (χ1n) is 9.59. The number of aromatic nitrogens is 1. The van der Waals surface area contributed by atoms with E-state index in [1.807, 2.05) is 6.07 Å². The van der Waals surface area contributed by atoms with E-state index < -0.39 is 17.5 Å². The average Bonchev–Trinajstić information content (AvgIpc) is 2.77. The topological polar surface area (TPSA) is 80.3 Å². The Hall–Kier alpha value is -4.33. The van der Waals surface area contributed by atoms with Crippen LogP contribution in [0.2, 0.25) is 0 Å². The number of carbonyl (C=O) groups is 2. The van der Waals surface area contributed by atoms with Crippen molar-refractivity contribution in [3.05, 3.63) is 95.8 Å². The van der Waals surface area contributed by atoms with Gasteiger partial charge in [0.1, 0.15) is 28.8 Å². The molecule has 0 unspecified atom stereocenters. The van der Waals surface area contributed by atoms with Crippen molar-refractivity contribution in [3.63, 3.8) is 0 Å². The molecule has 0 atom stereocenters. The van der Waals surface area contributed by atoms with Gasteiger partial charge in [0.15, 0.2) is 0 Å². The molecule has 0 aliphatic rings. The van der Waals surface area contributed by atoms with Gasteiger partial charge in [0.25, 0.3) is 11.8 Å². The van der Waals surface area contributed by atoms with Crippen LogP contribution in [-0.4, -0.2) is 23.8 Å². The first kappa shape index (κ1) is 20.9. The Bertz CT molecular complexity index is 1320. The summed E-state index contributed by atoms with van der Waals surface area (Å²) in [6, 6.07) is 16.2. The first-order chi connectivity index (χ1) is 15.4. The van der Waals surface area contributed by atoms with Crippen molar-refractivity contribution >= 4 is 28.3 Å². The molecule has 8 heteroatoms. The fourth-order valence-corrected chi connectivity index (χ4v) is 3.21. The predicted molar refractivity (Wildman–Crippen MR) is 116 cm³/mol. The molecule has 160 valence electrons. The van der Waals surface area contributed by atoms with Crippen molar-refractivity contribution in [2.75, 3.05) is 12.4 Å². The van der Waals surface area contributed by atoms with E-state index in [2.05, 4.69) is 15.6 Å². The van der Waals surface area contributed by atoms with Crippen LogP contribution in [0.5, 0.6) is 11.5 Å². The van der Waals surface area contributed by atoms with E-state index in [0.717, 1.165) is 23.6 Å². The summed E-state index contributed by atoms with van der Waals surface area (Å²) >= 11 is 0. The SMILES string of the molecule is CNC(=O)c1cc(Oc2ccc3c(C(=O)Nc4cc(F)cc(F)c4)cccc3c2)ccn1.